The Morgan fingerprint density at radius 1 is 0.205 bits per heavy atom. The number of aromatic nitrogens is 2. The lowest BCUT2D eigenvalue weighted by molar-refractivity contribution is 0.660. The second kappa shape index (κ2) is 25.8. The summed E-state index contributed by atoms with van der Waals surface area (Å²) in [5, 5.41) is 9.39. The van der Waals surface area contributed by atoms with Crippen molar-refractivity contribution >= 4 is 122 Å². The Bertz CT molecular complexity index is 7530. The monoisotopic (exact) mass is 1500 g/mol. The van der Waals surface area contributed by atoms with Crippen molar-refractivity contribution in [2.45, 2.75) is 57.8 Å². The summed E-state index contributed by atoms with van der Waals surface area (Å²) in [5.41, 5.74) is 37.9. The van der Waals surface area contributed by atoms with Crippen LogP contribution in [0.2, 0.25) is 0 Å². The van der Waals surface area contributed by atoms with E-state index in [0.29, 0.717) is 0 Å². The SMILES string of the molecule is CC1(C)c2ccccc2-c2ccc(N(c3ccc(-c4ccc(-n5c6cccc7oc8ccccc8c8cccc5c8c76)cc4)cc3)c3ccc4c(c3)C(C)(C)c3ccccc3-4)cc21.CC1(C)c2ccccc2-c2ccc(N(c3ccccc3)c3ccc(-c4ccc(-n5c6cccc7oc8ccccc8c8cccc5c8c76)cc4)cc3)cc21. The zero-order valence-electron chi connectivity index (χ0n) is 65.9. The molecule has 0 aliphatic heterocycles. The first-order chi connectivity index (χ1) is 57.3. The average Bonchev–Trinajstić information content (AvgIpc) is 1.50. The molecule has 117 heavy (non-hydrogen) atoms. The molecule has 0 bridgehead atoms. The van der Waals surface area contributed by atoms with E-state index < -0.39 is 0 Å². The summed E-state index contributed by atoms with van der Waals surface area (Å²) >= 11 is 0. The minimum atomic E-state index is -0.107. The summed E-state index contributed by atoms with van der Waals surface area (Å²) in [7, 11) is 0. The van der Waals surface area contributed by atoms with Crippen LogP contribution in [0.15, 0.2) is 385 Å². The van der Waals surface area contributed by atoms with Gasteiger partial charge in [-0.15, -0.1) is 0 Å². The van der Waals surface area contributed by atoms with Gasteiger partial charge in [-0.3, -0.25) is 0 Å². The highest BCUT2D eigenvalue weighted by Gasteiger charge is 2.39. The van der Waals surface area contributed by atoms with Gasteiger partial charge in [0.1, 0.15) is 22.3 Å². The number of hydrogen-bond donors (Lipinski definition) is 0. The lowest BCUT2D eigenvalue weighted by Gasteiger charge is -2.30. The number of nitrogens with zero attached hydrogens (tertiary/aromatic N) is 4. The predicted octanol–water partition coefficient (Wildman–Crippen LogP) is 30.6. The van der Waals surface area contributed by atoms with E-state index in [4.69, 9.17) is 8.83 Å². The van der Waals surface area contributed by atoms with Gasteiger partial charge in [0.05, 0.1) is 32.8 Å². The van der Waals surface area contributed by atoms with Crippen LogP contribution in [0.3, 0.4) is 0 Å². The second-order valence-electron chi connectivity index (χ2n) is 33.5. The highest BCUT2D eigenvalue weighted by molar-refractivity contribution is 6.28. The molecule has 4 aromatic heterocycles. The summed E-state index contributed by atoms with van der Waals surface area (Å²) in [6.45, 7) is 14.1. The van der Waals surface area contributed by atoms with Crippen LogP contribution >= 0.6 is 0 Å². The third kappa shape index (κ3) is 10.4. The van der Waals surface area contributed by atoms with Crippen molar-refractivity contribution in [1.29, 1.82) is 0 Å². The number of benzene rings is 17. The highest BCUT2D eigenvalue weighted by atomic mass is 16.3. The van der Waals surface area contributed by atoms with Crippen molar-refractivity contribution in [1.82, 2.24) is 9.13 Å². The molecule has 0 amide bonds. The van der Waals surface area contributed by atoms with Crippen molar-refractivity contribution < 1.29 is 8.83 Å². The van der Waals surface area contributed by atoms with E-state index in [9.17, 15) is 0 Å². The van der Waals surface area contributed by atoms with E-state index in [-0.39, 0.29) is 16.2 Å². The van der Waals surface area contributed by atoms with Crippen LogP contribution in [0.4, 0.5) is 34.1 Å². The van der Waals surface area contributed by atoms with Gasteiger partial charge in [0.2, 0.25) is 0 Å². The number of para-hydroxylation sites is 3. The molecule has 24 rings (SSSR count). The fourth-order valence-electron chi connectivity index (χ4n) is 20.3. The third-order valence-corrected chi connectivity index (χ3v) is 26.0. The van der Waals surface area contributed by atoms with Gasteiger partial charge in [-0.05, 0) is 245 Å². The molecule has 3 aliphatic rings. The summed E-state index contributed by atoms with van der Waals surface area (Å²) in [6, 6.07) is 137. The number of hydrogen-bond acceptors (Lipinski definition) is 4. The molecule has 0 atom stereocenters. The van der Waals surface area contributed by atoms with Crippen LogP contribution in [0, 0.1) is 0 Å². The Balaban J connectivity index is 0.000000139. The molecule has 0 saturated heterocycles. The van der Waals surface area contributed by atoms with E-state index in [0.717, 1.165) is 100 Å². The quantitative estimate of drug-likeness (QED) is 0.137. The van der Waals surface area contributed by atoms with Crippen molar-refractivity contribution in [3.8, 4) is 67.0 Å². The lowest BCUT2D eigenvalue weighted by atomic mass is 9.82. The molecule has 4 heterocycles. The van der Waals surface area contributed by atoms with Gasteiger partial charge in [-0.1, -0.05) is 272 Å². The smallest absolute Gasteiger partial charge is 0.137 e. The summed E-state index contributed by atoms with van der Waals surface area (Å²) < 4.78 is 17.9. The van der Waals surface area contributed by atoms with Gasteiger partial charge in [0.25, 0.3) is 0 Å². The number of fused-ring (bicyclic) bond motifs is 13. The molecular formula is C111H80N4O2. The topological polar surface area (TPSA) is 42.6 Å². The van der Waals surface area contributed by atoms with Crippen molar-refractivity contribution in [2.75, 3.05) is 9.80 Å². The largest absolute Gasteiger partial charge is 0.456 e. The second-order valence-corrected chi connectivity index (χ2v) is 33.5. The minimum Gasteiger partial charge on any atom is -0.456 e. The van der Waals surface area contributed by atoms with Gasteiger partial charge in [-0.25, -0.2) is 0 Å². The Morgan fingerprint density at radius 2 is 0.479 bits per heavy atom. The van der Waals surface area contributed by atoms with Gasteiger partial charge in [0, 0.05) is 83.3 Å². The molecule has 0 unspecified atom stereocenters. The van der Waals surface area contributed by atoms with E-state index in [1.54, 1.807) is 0 Å². The molecule has 21 aromatic rings. The molecule has 0 N–H and O–H groups in total. The Hall–Kier alpha value is -14.5. The van der Waals surface area contributed by atoms with Gasteiger partial charge >= 0.3 is 0 Å². The Morgan fingerprint density at radius 3 is 0.863 bits per heavy atom. The standard InChI is InChI=1S/C60H44N2O.C51H36N2O/c1-59(2)49-17-8-5-13-43(49)45-33-31-41(35-51(45)59)61(42-32-34-46-44-14-6-9-18-50(44)60(3,4)52(46)36-42)39-27-23-37(24-28-39)38-25-29-40(30-26-38)62-53-19-11-16-48-47-15-7-10-21-55(47)63-56-22-12-20-54(62)58(56)57(48)53;1-51(2)43-17-8-6-14-39(43)40-31-30-38(32-44(40)51)52(35-12-4-3-5-13-35)36-26-22-33(23-27-36)34-24-28-37(29-25-34)53-45-18-10-16-42-41-15-7-9-20-47(41)54-48-21-11-19-46(53)50(48)49(42)45/h5-36H,1-4H3;3-32H,1-2H3. The van der Waals surface area contributed by atoms with Crippen LogP contribution < -0.4 is 9.80 Å². The summed E-state index contributed by atoms with van der Waals surface area (Å²) in [4.78, 5) is 4.82. The Kier molecular flexibility index (Phi) is 15.0. The molecule has 6 nitrogen and oxygen atoms in total. The van der Waals surface area contributed by atoms with Crippen molar-refractivity contribution in [2.24, 2.45) is 0 Å². The molecule has 0 fully saturated rings. The molecular weight excluding hydrogens is 1420 g/mol. The van der Waals surface area contributed by atoms with Gasteiger partial charge in [-0.2, -0.15) is 0 Å². The van der Waals surface area contributed by atoms with Crippen LogP contribution in [0.1, 0.15) is 74.9 Å². The molecule has 17 aromatic carbocycles. The maximum Gasteiger partial charge on any atom is 0.137 e. The van der Waals surface area contributed by atoms with Crippen LogP contribution in [-0.4, -0.2) is 9.13 Å². The van der Waals surface area contributed by atoms with E-state index in [2.05, 4.69) is 424 Å². The van der Waals surface area contributed by atoms with Gasteiger partial charge < -0.3 is 27.8 Å². The summed E-state index contributed by atoms with van der Waals surface area (Å²) in [5.74, 6) is 0. The maximum atomic E-state index is 6.60. The first-order valence-corrected chi connectivity index (χ1v) is 40.8. The van der Waals surface area contributed by atoms with Crippen LogP contribution in [0.25, 0.3) is 154 Å². The Labute approximate surface area is 679 Å². The highest BCUT2D eigenvalue weighted by Crippen LogP contribution is 2.56. The zero-order chi connectivity index (χ0) is 78.2. The first kappa shape index (κ1) is 68.2. The van der Waals surface area contributed by atoms with E-state index in [1.807, 2.05) is 12.1 Å². The number of anilines is 6. The zero-order valence-corrected chi connectivity index (χ0v) is 65.9. The average molecular weight is 1500 g/mol. The summed E-state index contributed by atoms with van der Waals surface area (Å²) in [6.07, 6.45) is 0. The van der Waals surface area contributed by atoms with E-state index in [1.165, 1.54) is 122 Å². The minimum absolute atomic E-state index is 0.0706. The van der Waals surface area contributed by atoms with Crippen LogP contribution in [-0.2, 0) is 16.2 Å². The molecule has 556 valence electrons. The van der Waals surface area contributed by atoms with Gasteiger partial charge in [0.15, 0.2) is 0 Å². The number of rotatable bonds is 10. The maximum absolute atomic E-state index is 6.60. The van der Waals surface area contributed by atoms with E-state index >= 15 is 0 Å². The molecule has 6 heteroatoms. The molecule has 0 saturated carbocycles. The van der Waals surface area contributed by atoms with Crippen molar-refractivity contribution in [3.63, 3.8) is 0 Å². The van der Waals surface area contributed by atoms with Crippen LogP contribution in [0.5, 0.6) is 0 Å². The normalized spacial score (nSPS) is 13.8. The predicted molar refractivity (Wildman–Crippen MR) is 489 cm³/mol. The fourth-order valence-corrected chi connectivity index (χ4v) is 20.3. The fraction of sp³-hybridized carbons (Fsp3) is 0.0811. The third-order valence-electron chi connectivity index (χ3n) is 26.0. The lowest BCUT2D eigenvalue weighted by Crippen LogP contribution is -2.18. The molecule has 3 aliphatic carbocycles. The molecule has 0 spiro atoms. The first-order valence-electron chi connectivity index (χ1n) is 40.8. The molecule has 0 radical (unpaired) electrons. The van der Waals surface area contributed by atoms with Crippen molar-refractivity contribution in [3.05, 3.63) is 409 Å².